The first-order valence-corrected chi connectivity index (χ1v) is 18.1. The summed E-state index contributed by atoms with van der Waals surface area (Å²) in [7, 11) is 15.9. The van der Waals surface area contributed by atoms with Crippen molar-refractivity contribution in [2.45, 2.75) is 135 Å². The van der Waals surface area contributed by atoms with Gasteiger partial charge >= 0.3 is 6.09 Å². The Morgan fingerprint density at radius 3 is 2.41 bits per heavy atom. The number of benzene rings is 1. The van der Waals surface area contributed by atoms with E-state index in [9.17, 15) is 18.5 Å². The number of carbonyl (C=O) groups excluding carboxylic acids is 1. The monoisotopic (exact) mass is 623 g/mol. The van der Waals surface area contributed by atoms with E-state index in [2.05, 4.69) is 18.3 Å². The summed E-state index contributed by atoms with van der Waals surface area (Å²) in [5, 5.41) is 12.2. The van der Waals surface area contributed by atoms with Crippen LogP contribution in [0.15, 0.2) is 18.2 Å². The van der Waals surface area contributed by atoms with E-state index in [0.29, 0.717) is 47.3 Å². The minimum absolute atomic E-state index is 0.0355. The molecule has 0 saturated heterocycles. The number of halogens is 1. The molecule has 1 aromatic rings. The number of rotatable bonds is 10. The maximum absolute atomic E-state index is 14.5. The first-order valence-electron chi connectivity index (χ1n) is 16.6. The lowest BCUT2D eigenvalue weighted by atomic mass is 9.42. The zero-order valence-corrected chi connectivity index (χ0v) is 28.9. The molecule has 0 spiro atoms. The number of amides is 1. The second-order valence-electron chi connectivity index (χ2n) is 14.8. The van der Waals surface area contributed by atoms with Crippen molar-refractivity contribution in [2.75, 3.05) is 11.5 Å². The molecule has 1 aromatic carbocycles. The molecule has 3 aliphatic carbocycles. The van der Waals surface area contributed by atoms with Crippen molar-refractivity contribution in [2.24, 2.45) is 23.2 Å². The Bertz CT molecular complexity index is 1150. The summed E-state index contributed by atoms with van der Waals surface area (Å²) in [6.45, 7) is 13.4. The Morgan fingerprint density at radius 2 is 1.77 bits per heavy atom. The van der Waals surface area contributed by atoms with Crippen LogP contribution in [0.4, 0.5) is 9.18 Å². The number of nitrogens with one attached hydrogen (secondary N) is 1. The van der Waals surface area contributed by atoms with Gasteiger partial charge in [-0.25, -0.2) is 4.79 Å². The number of hydrogen-bond acceptors (Lipinski definition) is 4. The van der Waals surface area contributed by atoms with Gasteiger partial charge in [0, 0.05) is 27.8 Å². The van der Waals surface area contributed by atoms with Crippen LogP contribution >= 0.6 is 0 Å². The molecule has 8 atom stereocenters. The molecule has 0 aromatic heterocycles. The van der Waals surface area contributed by atoms with E-state index in [4.69, 9.17) is 28.3 Å². The fourth-order valence-corrected chi connectivity index (χ4v) is 9.05. The molecule has 1 amide bonds. The number of alkyl halides is 1. The van der Waals surface area contributed by atoms with Gasteiger partial charge in [0.2, 0.25) is 0 Å². The normalized spacial score (nSPS) is 30.0. The predicted molar refractivity (Wildman–Crippen MR) is 182 cm³/mol. The summed E-state index contributed by atoms with van der Waals surface area (Å²) in [5.41, 5.74) is -0.0967. The second kappa shape index (κ2) is 14.7. The van der Waals surface area contributed by atoms with Crippen LogP contribution in [0.5, 0.6) is 5.75 Å². The fourth-order valence-electron chi connectivity index (χ4n) is 7.89. The molecular formula is C34H53B3FNO4S. The van der Waals surface area contributed by atoms with E-state index in [-0.39, 0.29) is 23.5 Å². The zero-order valence-electron chi connectivity index (χ0n) is 28.1. The van der Waals surface area contributed by atoms with E-state index in [0.717, 1.165) is 44.9 Å². The van der Waals surface area contributed by atoms with Crippen molar-refractivity contribution >= 4 is 40.4 Å². The van der Waals surface area contributed by atoms with Crippen LogP contribution in [-0.2, 0) is 17.2 Å². The van der Waals surface area contributed by atoms with E-state index < -0.39 is 27.7 Å². The Morgan fingerprint density at radius 1 is 1.11 bits per heavy atom. The first-order chi connectivity index (χ1) is 20.4. The second-order valence-corrected chi connectivity index (χ2v) is 16.5. The number of aliphatic hydroxyl groups is 1. The van der Waals surface area contributed by atoms with Gasteiger partial charge in [-0.1, -0.05) is 39.0 Å². The number of ether oxygens (including phenoxy) is 1. The molecule has 44 heavy (non-hydrogen) atoms. The Hall–Kier alpha value is -1.28. The standard InChI is InChI=1S/C32H47B3FNO4S.C2H6/c1-29(2,3)37-28(39)41-22-9-10-23-21(19-22)18-20(27-24(23)13-15-30(4)25(27)11-12-26(30)38)8-6-16-42(40)17-7-14-32(35,36)31(5,33)34;1-2/h9-10,19-20,24-27,38H,6-8,11-18H2,1-5H3,(H,37,39);1-2H3/t20-,24-,25?,26?,27?,30?,32?,42?;/m1./s1. The van der Waals surface area contributed by atoms with Gasteiger partial charge < -0.3 is 15.2 Å². The van der Waals surface area contributed by atoms with E-state index in [1.54, 1.807) is 0 Å². The van der Waals surface area contributed by atoms with Crippen LogP contribution in [0.1, 0.15) is 117 Å². The number of fused-ring (bicyclic) bond motifs is 5. The van der Waals surface area contributed by atoms with E-state index in [1.165, 1.54) is 18.1 Å². The van der Waals surface area contributed by atoms with Gasteiger partial charge in [-0.15, -0.1) is 0 Å². The third-order valence-corrected chi connectivity index (χ3v) is 11.8. The molecule has 240 valence electrons. The fraction of sp³-hybridized carbons (Fsp3) is 0.794. The van der Waals surface area contributed by atoms with Crippen molar-refractivity contribution < 1.29 is 23.2 Å². The maximum atomic E-state index is 14.5. The molecule has 5 nitrogen and oxygen atoms in total. The summed E-state index contributed by atoms with van der Waals surface area (Å²) in [5.74, 6) is 3.14. The summed E-state index contributed by atoms with van der Waals surface area (Å²) in [6.07, 6.45) is 6.12. The molecule has 10 heteroatoms. The first kappa shape index (κ1) is 37.2. The lowest BCUT2D eigenvalue weighted by Crippen LogP contribution is -2.47. The number of hydrogen-bond donors (Lipinski definition) is 2. The van der Waals surface area contributed by atoms with Gasteiger partial charge in [0.15, 0.2) is 0 Å². The minimum Gasteiger partial charge on any atom is -0.410 e. The van der Waals surface area contributed by atoms with Gasteiger partial charge in [-0.05, 0) is 131 Å². The van der Waals surface area contributed by atoms with Crippen LogP contribution in [0, 0.1) is 23.2 Å². The van der Waals surface area contributed by atoms with Crippen molar-refractivity contribution in [3.8, 4) is 5.75 Å². The third-order valence-electron chi connectivity index (χ3n) is 10.3. The van der Waals surface area contributed by atoms with Gasteiger partial charge in [0.1, 0.15) is 13.6 Å². The highest BCUT2D eigenvalue weighted by Gasteiger charge is 2.56. The van der Waals surface area contributed by atoms with Crippen molar-refractivity contribution in [1.82, 2.24) is 5.32 Å². The summed E-state index contributed by atoms with van der Waals surface area (Å²) in [6, 6.07) is 6.07. The molecule has 3 aliphatic rings. The number of carbonyl (C=O) groups is 1. The molecule has 2 N–H and O–H groups in total. The summed E-state index contributed by atoms with van der Waals surface area (Å²) in [4.78, 5) is 12.4. The highest BCUT2D eigenvalue weighted by atomic mass is 32.2. The highest BCUT2D eigenvalue weighted by Crippen LogP contribution is 2.62. The molecule has 0 heterocycles. The lowest BCUT2D eigenvalue weighted by Gasteiger charge is -2.53. The largest absolute Gasteiger partial charge is 0.413 e. The highest BCUT2D eigenvalue weighted by molar-refractivity contribution is 7.84. The van der Waals surface area contributed by atoms with Gasteiger partial charge in [0.05, 0.1) is 27.4 Å². The molecular weight excluding hydrogens is 570 g/mol. The van der Waals surface area contributed by atoms with E-state index >= 15 is 0 Å². The van der Waals surface area contributed by atoms with Crippen molar-refractivity contribution in [1.29, 1.82) is 0 Å². The predicted octanol–water partition coefficient (Wildman–Crippen LogP) is 6.66. The summed E-state index contributed by atoms with van der Waals surface area (Å²) < 4.78 is 33.0. The Balaban J connectivity index is 0.00000259. The molecule has 6 radical (unpaired) electrons. The van der Waals surface area contributed by atoms with Gasteiger partial charge in [-0.2, -0.15) is 0 Å². The SMILES string of the molecule is CC.[B]C([B])(C)C([B])(F)CCCS(=O)CCC[C@@H]1Cc2cc(OC(=O)NC(C)(C)C)ccc2[C@H]2CCC3(C)C(O)CCC3C12. The van der Waals surface area contributed by atoms with Crippen LogP contribution in [0.3, 0.4) is 0 Å². The molecule has 4 rings (SSSR count). The molecule has 6 unspecified atom stereocenters. The molecule has 2 fully saturated rings. The summed E-state index contributed by atoms with van der Waals surface area (Å²) >= 11 is 0. The third kappa shape index (κ3) is 8.75. The molecule has 0 bridgehead atoms. The van der Waals surface area contributed by atoms with Gasteiger partial charge in [0.25, 0.3) is 0 Å². The number of aliphatic hydroxyl groups excluding tert-OH is 1. The lowest BCUT2D eigenvalue weighted by molar-refractivity contribution is -0.0393. The van der Waals surface area contributed by atoms with Crippen LogP contribution < -0.4 is 10.1 Å². The Kier molecular flexibility index (Phi) is 12.4. The topological polar surface area (TPSA) is 75.6 Å². The van der Waals surface area contributed by atoms with Crippen molar-refractivity contribution in [3.05, 3.63) is 29.3 Å². The smallest absolute Gasteiger partial charge is 0.410 e. The average molecular weight is 623 g/mol. The van der Waals surface area contributed by atoms with Crippen LogP contribution in [0.25, 0.3) is 0 Å². The Labute approximate surface area is 272 Å². The van der Waals surface area contributed by atoms with Crippen LogP contribution in [0.2, 0.25) is 5.21 Å². The molecule has 0 aliphatic heterocycles. The average Bonchev–Trinajstić information content (AvgIpc) is 3.21. The van der Waals surface area contributed by atoms with Crippen LogP contribution in [-0.4, -0.2) is 67.7 Å². The minimum atomic E-state index is -2.21. The van der Waals surface area contributed by atoms with E-state index in [1.807, 2.05) is 46.8 Å². The van der Waals surface area contributed by atoms with Gasteiger partial charge in [-0.3, -0.25) is 8.60 Å². The maximum Gasteiger partial charge on any atom is 0.413 e. The molecule has 2 saturated carbocycles. The zero-order chi connectivity index (χ0) is 33.1. The van der Waals surface area contributed by atoms with Crippen molar-refractivity contribution in [3.63, 3.8) is 0 Å². The quantitative estimate of drug-likeness (QED) is 0.286.